The monoisotopic (exact) mass is 252 g/mol. The van der Waals surface area contributed by atoms with Gasteiger partial charge in [0.2, 0.25) is 0 Å². The lowest BCUT2D eigenvalue weighted by Crippen LogP contribution is -2.43. The molecule has 0 spiro atoms. The second kappa shape index (κ2) is 5.07. The SMILES string of the molecule is CCNC(CC)(c1nc(C(C)C)cs1)C1CC1. The number of hydrogen-bond donors (Lipinski definition) is 1. The molecule has 1 aromatic heterocycles. The molecule has 1 aliphatic carbocycles. The lowest BCUT2D eigenvalue weighted by molar-refractivity contribution is 0.280. The van der Waals surface area contributed by atoms with Crippen LogP contribution in [0.3, 0.4) is 0 Å². The molecule has 0 radical (unpaired) electrons. The summed E-state index contributed by atoms with van der Waals surface area (Å²) in [5.41, 5.74) is 1.41. The van der Waals surface area contributed by atoms with E-state index in [1.165, 1.54) is 23.5 Å². The summed E-state index contributed by atoms with van der Waals surface area (Å²) in [6.45, 7) is 9.95. The highest BCUT2D eigenvalue weighted by Gasteiger charge is 2.46. The van der Waals surface area contributed by atoms with Gasteiger partial charge < -0.3 is 5.32 Å². The molecule has 1 aromatic rings. The van der Waals surface area contributed by atoms with Crippen LogP contribution in [0.15, 0.2) is 5.38 Å². The molecule has 2 rings (SSSR count). The topological polar surface area (TPSA) is 24.9 Å². The van der Waals surface area contributed by atoms with Gasteiger partial charge in [0.1, 0.15) is 5.01 Å². The molecule has 1 N–H and O–H groups in total. The van der Waals surface area contributed by atoms with Gasteiger partial charge in [0.25, 0.3) is 0 Å². The van der Waals surface area contributed by atoms with Gasteiger partial charge in [-0.05, 0) is 37.6 Å². The highest BCUT2D eigenvalue weighted by Crippen LogP contribution is 2.48. The second-order valence-corrected chi connectivity index (χ2v) is 6.22. The molecule has 0 aromatic carbocycles. The van der Waals surface area contributed by atoms with Crippen molar-refractivity contribution in [1.82, 2.24) is 10.3 Å². The Hall–Kier alpha value is -0.410. The van der Waals surface area contributed by atoms with Gasteiger partial charge in [0.15, 0.2) is 0 Å². The molecule has 0 aliphatic heterocycles. The Bertz CT molecular complexity index is 368. The molecule has 1 saturated carbocycles. The van der Waals surface area contributed by atoms with E-state index in [4.69, 9.17) is 4.98 Å². The summed E-state index contributed by atoms with van der Waals surface area (Å²) < 4.78 is 0. The number of hydrogen-bond acceptors (Lipinski definition) is 3. The maximum atomic E-state index is 4.89. The molecular formula is C14H24N2S. The molecule has 1 heterocycles. The summed E-state index contributed by atoms with van der Waals surface area (Å²) >= 11 is 1.84. The molecule has 0 bridgehead atoms. The van der Waals surface area contributed by atoms with E-state index in [1.807, 2.05) is 11.3 Å². The van der Waals surface area contributed by atoms with E-state index in [9.17, 15) is 0 Å². The highest BCUT2D eigenvalue weighted by molar-refractivity contribution is 7.09. The fourth-order valence-corrected chi connectivity index (χ4v) is 3.92. The minimum atomic E-state index is 0.159. The minimum Gasteiger partial charge on any atom is -0.305 e. The van der Waals surface area contributed by atoms with Crippen LogP contribution in [0.25, 0.3) is 0 Å². The Morgan fingerprint density at radius 3 is 2.59 bits per heavy atom. The Balaban J connectivity index is 2.30. The fourth-order valence-electron chi connectivity index (χ4n) is 2.61. The van der Waals surface area contributed by atoms with Crippen molar-refractivity contribution in [2.75, 3.05) is 6.54 Å². The van der Waals surface area contributed by atoms with Crippen LogP contribution in [0.5, 0.6) is 0 Å². The standard InChI is InChI=1S/C14H24N2S/c1-5-14(15-6-2,11-7-8-11)13-16-12(9-17-13)10(3)4/h9-11,15H,5-8H2,1-4H3. The zero-order valence-electron chi connectivity index (χ0n) is 11.4. The lowest BCUT2D eigenvalue weighted by atomic mass is 9.90. The van der Waals surface area contributed by atoms with E-state index in [0.717, 1.165) is 18.9 Å². The van der Waals surface area contributed by atoms with E-state index >= 15 is 0 Å². The van der Waals surface area contributed by atoms with E-state index < -0.39 is 0 Å². The van der Waals surface area contributed by atoms with Crippen LogP contribution < -0.4 is 5.32 Å². The van der Waals surface area contributed by atoms with E-state index in [0.29, 0.717) is 5.92 Å². The van der Waals surface area contributed by atoms with Gasteiger partial charge in [-0.1, -0.05) is 27.7 Å². The summed E-state index contributed by atoms with van der Waals surface area (Å²) in [4.78, 5) is 4.89. The normalized spacial score (nSPS) is 19.6. The maximum absolute atomic E-state index is 4.89. The van der Waals surface area contributed by atoms with Gasteiger partial charge >= 0.3 is 0 Å². The van der Waals surface area contributed by atoms with Gasteiger partial charge in [-0.3, -0.25) is 0 Å². The third kappa shape index (κ3) is 2.41. The Labute approximate surface area is 109 Å². The van der Waals surface area contributed by atoms with Crippen molar-refractivity contribution in [3.63, 3.8) is 0 Å². The van der Waals surface area contributed by atoms with Crippen molar-refractivity contribution in [1.29, 1.82) is 0 Å². The first-order chi connectivity index (χ1) is 8.14. The molecule has 0 amide bonds. The van der Waals surface area contributed by atoms with Gasteiger partial charge in [-0.2, -0.15) is 0 Å². The van der Waals surface area contributed by atoms with Crippen molar-refractivity contribution in [3.05, 3.63) is 16.1 Å². The van der Waals surface area contributed by atoms with Crippen molar-refractivity contribution < 1.29 is 0 Å². The lowest BCUT2D eigenvalue weighted by Gasteiger charge is -2.32. The van der Waals surface area contributed by atoms with Crippen LogP contribution >= 0.6 is 11.3 Å². The first-order valence-corrected chi connectivity index (χ1v) is 7.73. The van der Waals surface area contributed by atoms with Gasteiger partial charge in [-0.15, -0.1) is 11.3 Å². The zero-order chi connectivity index (χ0) is 12.5. The summed E-state index contributed by atoms with van der Waals surface area (Å²) in [6, 6.07) is 0. The Kier molecular flexibility index (Phi) is 3.88. The van der Waals surface area contributed by atoms with Crippen LogP contribution in [0.4, 0.5) is 0 Å². The third-order valence-electron chi connectivity index (χ3n) is 3.82. The fraction of sp³-hybridized carbons (Fsp3) is 0.786. The van der Waals surface area contributed by atoms with Crippen LogP contribution in [0, 0.1) is 5.92 Å². The molecule has 0 saturated heterocycles. The average Bonchev–Trinajstić information content (AvgIpc) is 3.03. The molecule has 1 atom stereocenters. The molecule has 17 heavy (non-hydrogen) atoms. The Morgan fingerprint density at radius 2 is 2.18 bits per heavy atom. The number of nitrogens with one attached hydrogen (secondary N) is 1. The van der Waals surface area contributed by atoms with Crippen LogP contribution in [-0.4, -0.2) is 11.5 Å². The van der Waals surface area contributed by atoms with Gasteiger partial charge in [0, 0.05) is 5.38 Å². The Morgan fingerprint density at radius 1 is 1.47 bits per heavy atom. The predicted molar refractivity (Wildman–Crippen MR) is 74.6 cm³/mol. The zero-order valence-corrected chi connectivity index (χ0v) is 12.2. The first-order valence-electron chi connectivity index (χ1n) is 6.85. The number of aromatic nitrogens is 1. The number of nitrogens with zero attached hydrogens (tertiary/aromatic N) is 1. The van der Waals surface area contributed by atoms with Crippen LogP contribution in [0.2, 0.25) is 0 Å². The van der Waals surface area contributed by atoms with Gasteiger partial charge in [0.05, 0.1) is 11.2 Å². The molecule has 96 valence electrons. The molecule has 1 fully saturated rings. The quantitative estimate of drug-likeness (QED) is 0.831. The second-order valence-electron chi connectivity index (χ2n) is 5.36. The van der Waals surface area contributed by atoms with Crippen molar-refractivity contribution >= 4 is 11.3 Å². The third-order valence-corrected chi connectivity index (χ3v) is 4.86. The van der Waals surface area contributed by atoms with Crippen LogP contribution in [0.1, 0.15) is 63.6 Å². The molecule has 1 unspecified atom stereocenters. The summed E-state index contributed by atoms with van der Waals surface area (Å²) in [7, 11) is 0. The molecule has 1 aliphatic rings. The smallest absolute Gasteiger partial charge is 0.113 e. The summed E-state index contributed by atoms with van der Waals surface area (Å²) in [6.07, 6.45) is 3.87. The van der Waals surface area contributed by atoms with Crippen molar-refractivity contribution in [2.45, 2.75) is 58.4 Å². The summed E-state index contributed by atoms with van der Waals surface area (Å²) in [5, 5.41) is 7.28. The van der Waals surface area contributed by atoms with E-state index in [-0.39, 0.29) is 5.54 Å². The summed E-state index contributed by atoms with van der Waals surface area (Å²) in [5.74, 6) is 1.34. The van der Waals surface area contributed by atoms with E-state index in [1.54, 1.807) is 0 Å². The molecule has 3 heteroatoms. The van der Waals surface area contributed by atoms with E-state index in [2.05, 4.69) is 38.4 Å². The largest absolute Gasteiger partial charge is 0.305 e. The number of thiazole rings is 1. The average molecular weight is 252 g/mol. The maximum Gasteiger partial charge on any atom is 0.113 e. The molecule has 2 nitrogen and oxygen atoms in total. The minimum absolute atomic E-state index is 0.159. The first kappa shape index (κ1) is 13.0. The van der Waals surface area contributed by atoms with Crippen molar-refractivity contribution in [2.24, 2.45) is 5.92 Å². The number of rotatable bonds is 6. The van der Waals surface area contributed by atoms with Gasteiger partial charge in [-0.25, -0.2) is 4.98 Å². The van der Waals surface area contributed by atoms with Crippen LogP contribution in [-0.2, 0) is 5.54 Å². The van der Waals surface area contributed by atoms with Crippen molar-refractivity contribution in [3.8, 4) is 0 Å². The molecular weight excluding hydrogens is 228 g/mol. The predicted octanol–water partition coefficient (Wildman–Crippen LogP) is 3.89. The highest BCUT2D eigenvalue weighted by atomic mass is 32.1.